The quantitative estimate of drug-likeness (QED) is 0.307. The number of benzene rings is 3. The van der Waals surface area contributed by atoms with Gasteiger partial charge in [0.05, 0.1) is 33.3 Å². The van der Waals surface area contributed by atoms with Crippen molar-refractivity contribution < 1.29 is 34.0 Å². The summed E-state index contributed by atoms with van der Waals surface area (Å²) in [6.45, 7) is 7.27. The normalized spacial score (nSPS) is 17.5. The van der Waals surface area contributed by atoms with Gasteiger partial charge in [0.2, 0.25) is 0 Å². The number of phenolic OH excluding ortho intramolecular Hbond substituents is 1. The van der Waals surface area contributed by atoms with Crippen LogP contribution in [0.4, 0.5) is 5.69 Å². The van der Waals surface area contributed by atoms with Crippen molar-refractivity contribution in [2.24, 2.45) is 11.8 Å². The second-order valence-corrected chi connectivity index (χ2v) is 8.93. The molecule has 192 valence electrons. The number of esters is 1. The van der Waals surface area contributed by atoms with Gasteiger partial charge in [-0.2, -0.15) is 0 Å². The van der Waals surface area contributed by atoms with Gasteiger partial charge in [-0.3, -0.25) is 4.79 Å². The molecular formula is C29H29NO7. The zero-order valence-electron chi connectivity index (χ0n) is 20.7. The number of rotatable bonds is 10. The second kappa shape index (κ2) is 11.7. The van der Waals surface area contributed by atoms with Gasteiger partial charge in [-0.25, -0.2) is 4.85 Å². The van der Waals surface area contributed by atoms with Crippen LogP contribution in [0.25, 0.3) is 4.85 Å². The molecule has 1 saturated heterocycles. The van der Waals surface area contributed by atoms with E-state index >= 15 is 0 Å². The third-order valence-electron chi connectivity index (χ3n) is 6.54. The Balaban J connectivity index is 1.43. The van der Waals surface area contributed by atoms with Gasteiger partial charge >= 0.3 is 5.97 Å². The fraction of sp³-hybridized carbons (Fsp3) is 0.310. The van der Waals surface area contributed by atoms with Crippen molar-refractivity contribution in [2.75, 3.05) is 27.4 Å². The molecule has 3 aromatic carbocycles. The number of ether oxygens (including phenoxy) is 4. The van der Waals surface area contributed by atoms with Gasteiger partial charge in [0, 0.05) is 5.92 Å². The Kier molecular flexibility index (Phi) is 8.16. The molecule has 2 N–H and O–H groups in total. The monoisotopic (exact) mass is 503 g/mol. The largest absolute Gasteiger partial charge is 0.504 e. The summed E-state index contributed by atoms with van der Waals surface area (Å²) in [6, 6.07) is 17.3. The SMILES string of the molecule is [C-]#[N+]c1ccc(C(O)COc2cc(C[C@H]3C(=O)OC[C@@H]3Cc3ccc(OC)c(OC)c3)ccc2O)cc1. The number of nitrogens with zero attached hydrogens (tertiary/aromatic N) is 1. The molecule has 0 bridgehead atoms. The summed E-state index contributed by atoms with van der Waals surface area (Å²) in [5, 5.41) is 20.7. The third-order valence-corrected chi connectivity index (χ3v) is 6.54. The summed E-state index contributed by atoms with van der Waals surface area (Å²) in [7, 11) is 3.17. The standard InChI is InChI=1S/C29H29NO7/c1-30-22-8-6-20(7-9-22)25(32)17-36-27-14-19(4-10-24(27)31)13-23-21(16-37-29(23)33)12-18-5-11-26(34-2)28(15-18)35-3/h4-11,14-15,21,23,25,31-32H,12-13,16-17H2,2-3H3/t21-,23+,25?/m0/s1. The van der Waals surface area contributed by atoms with Crippen LogP contribution in [0.1, 0.15) is 22.8 Å². The van der Waals surface area contributed by atoms with Crippen LogP contribution in [0.3, 0.4) is 0 Å². The first-order valence-corrected chi connectivity index (χ1v) is 11.9. The van der Waals surface area contributed by atoms with Gasteiger partial charge in [-0.15, -0.1) is 0 Å². The smallest absolute Gasteiger partial charge is 0.309 e. The summed E-state index contributed by atoms with van der Waals surface area (Å²) in [5.74, 6) is 0.808. The molecule has 0 saturated carbocycles. The zero-order chi connectivity index (χ0) is 26.4. The lowest BCUT2D eigenvalue weighted by Crippen LogP contribution is -2.20. The van der Waals surface area contributed by atoms with Gasteiger partial charge < -0.3 is 29.2 Å². The van der Waals surface area contributed by atoms with Crippen LogP contribution in [-0.4, -0.2) is 43.6 Å². The van der Waals surface area contributed by atoms with E-state index in [0.717, 1.165) is 11.1 Å². The molecule has 8 nitrogen and oxygen atoms in total. The Labute approximate surface area is 215 Å². The average molecular weight is 504 g/mol. The van der Waals surface area contributed by atoms with Gasteiger partial charge in [0.15, 0.2) is 28.7 Å². The number of cyclic esters (lactones) is 1. The van der Waals surface area contributed by atoms with Crippen LogP contribution in [0.5, 0.6) is 23.0 Å². The van der Waals surface area contributed by atoms with E-state index in [0.29, 0.717) is 42.2 Å². The number of aliphatic hydroxyl groups is 1. The Morgan fingerprint density at radius 1 is 0.973 bits per heavy atom. The minimum absolute atomic E-state index is 0.0241. The van der Waals surface area contributed by atoms with Gasteiger partial charge in [0.25, 0.3) is 0 Å². The van der Waals surface area contributed by atoms with Crippen LogP contribution in [0.15, 0.2) is 60.7 Å². The Bertz CT molecular complexity index is 1280. The highest BCUT2D eigenvalue weighted by atomic mass is 16.5. The predicted molar refractivity (Wildman–Crippen MR) is 136 cm³/mol. The van der Waals surface area contributed by atoms with E-state index in [4.69, 9.17) is 25.5 Å². The van der Waals surface area contributed by atoms with Gasteiger partial charge in [-0.05, 0) is 53.8 Å². The van der Waals surface area contributed by atoms with Crippen molar-refractivity contribution in [1.82, 2.24) is 0 Å². The molecule has 1 unspecified atom stereocenters. The predicted octanol–water partition coefficient (Wildman–Crippen LogP) is 4.65. The summed E-state index contributed by atoms with van der Waals surface area (Å²) in [4.78, 5) is 15.9. The fourth-order valence-corrected chi connectivity index (χ4v) is 4.46. The molecule has 0 spiro atoms. The second-order valence-electron chi connectivity index (χ2n) is 8.93. The molecule has 0 radical (unpaired) electrons. The van der Waals surface area contributed by atoms with E-state index in [1.54, 1.807) is 50.6 Å². The lowest BCUT2D eigenvalue weighted by atomic mass is 9.85. The summed E-state index contributed by atoms with van der Waals surface area (Å²) in [5.41, 5.74) is 2.91. The number of methoxy groups -OCH3 is 2. The van der Waals surface area contributed by atoms with Crippen LogP contribution < -0.4 is 14.2 Å². The number of hydrogen-bond acceptors (Lipinski definition) is 7. The molecule has 0 amide bonds. The topological polar surface area (TPSA) is 98.8 Å². The molecule has 1 aliphatic heterocycles. The first-order valence-electron chi connectivity index (χ1n) is 11.9. The molecule has 3 aromatic rings. The maximum Gasteiger partial charge on any atom is 0.309 e. The van der Waals surface area contributed by atoms with E-state index in [-0.39, 0.29) is 35.9 Å². The minimum Gasteiger partial charge on any atom is -0.504 e. The van der Waals surface area contributed by atoms with Crippen molar-refractivity contribution in [3.05, 3.63) is 88.8 Å². The number of hydrogen-bond donors (Lipinski definition) is 2. The molecule has 0 aromatic heterocycles. The minimum atomic E-state index is -0.932. The Hall–Kier alpha value is -4.22. The fourth-order valence-electron chi connectivity index (χ4n) is 4.46. The van der Waals surface area contributed by atoms with Crippen molar-refractivity contribution in [3.63, 3.8) is 0 Å². The molecule has 8 heteroatoms. The van der Waals surface area contributed by atoms with E-state index in [2.05, 4.69) is 4.85 Å². The average Bonchev–Trinajstić information content (AvgIpc) is 3.26. The first kappa shape index (κ1) is 25.9. The molecule has 0 aliphatic carbocycles. The van der Waals surface area contributed by atoms with E-state index < -0.39 is 6.10 Å². The van der Waals surface area contributed by atoms with Crippen LogP contribution in [0.2, 0.25) is 0 Å². The lowest BCUT2D eigenvalue weighted by Gasteiger charge is -2.18. The van der Waals surface area contributed by atoms with E-state index in [9.17, 15) is 15.0 Å². The maximum absolute atomic E-state index is 12.6. The highest BCUT2D eigenvalue weighted by Gasteiger charge is 2.37. The van der Waals surface area contributed by atoms with E-state index in [1.165, 1.54) is 6.07 Å². The molecule has 3 atom stereocenters. The number of aliphatic hydroxyl groups excluding tert-OH is 1. The van der Waals surface area contributed by atoms with Crippen molar-refractivity contribution in [2.45, 2.75) is 18.9 Å². The van der Waals surface area contributed by atoms with Crippen molar-refractivity contribution in [3.8, 4) is 23.0 Å². The molecule has 1 aliphatic rings. The third kappa shape index (κ3) is 6.13. The molecule has 1 fully saturated rings. The highest BCUT2D eigenvalue weighted by molar-refractivity contribution is 5.75. The summed E-state index contributed by atoms with van der Waals surface area (Å²) < 4.78 is 21.8. The Morgan fingerprint density at radius 3 is 2.35 bits per heavy atom. The number of carbonyl (C=O) groups is 1. The number of phenols is 1. The molecule has 4 rings (SSSR count). The first-order chi connectivity index (χ1) is 17.9. The van der Waals surface area contributed by atoms with Crippen LogP contribution in [-0.2, 0) is 22.4 Å². The maximum atomic E-state index is 12.6. The Morgan fingerprint density at radius 2 is 1.65 bits per heavy atom. The zero-order valence-corrected chi connectivity index (χ0v) is 20.7. The lowest BCUT2D eigenvalue weighted by molar-refractivity contribution is -0.141. The summed E-state index contributed by atoms with van der Waals surface area (Å²) >= 11 is 0. The molecule has 37 heavy (non-hydrogen) atoms. The van der Waals surface area contributed by atoms with Gasteiger partial charge in [-0.1, -0.05) is 36.4 Å². The summed E-state index contributed by atoms with van der Waals surface area (Å²) in [6.07, 6.45) is 0.128. The molecule has 1 heterocycles. The van der Waals surface area contributed by atoms with Crippen molar-refractivity contribution >= 4 is 11.7 Å². The van der Waals surface area contributed by atoms with Crippen LogP contribution >= 0.6 is 0 Å². The number of aromatic hydroxyl groups is 1. The highest BCUT2D eigenvalue weighted by Crippen LogP contribution is 2.35. The van der Waals surface area contributed by atoms with Crippen LogP contribution in [0, 0.1) is 18.4 Å². The molecular weight excluding hydrogens is 474 g/mol. The van der Waals surface area contributed by atoms with E-state index in [1.807, 2.05) is 18.2 Å². The van der Waals surface area contributed by atoms with Crippen molar-refractivity contribution in [1.29, 1.82) is 0 Å². The van der Waals surface area contributed by atoms with Gasteiger partial charge in [0.1, 0.15) is 12.7 Å². The number of carbonyl (C=O) groups excluding carboxylic acids is 1.